The second-order valence-electron chi connectivity index (χ2n) is 4.98. The summed E-state index contributed by atoms with van der Waals surface area (Å²) < 4.78 is 0. The van der Waals surface area contributed by atoms with Gasteiger partial charge in [-0.15, -0.1) is 0 Å². The number of aliphatic imine (C=N–C) groups is 1. The Bertz CT molecular complexity index is 647. The van der Waals surface area contributed by atoms with Crippen LogP contribution in [-0.2, 0) is 0 Å². The van der Waals surface area contributed by atoms with Gasteiger partial charge in [0.05, 0.1) is 6.04 Å². The van der Waals surface area contributed by atoms with E-state index in [1.807, 2.05) is 25.3 Å². The van der Waals surface area contributed by atoms with Crippen LogP contribution in [0.1, 0.15) is 35.2 Å². The topological polar surface area (TPSA) is 12.4 Å². The smallest absolute Gasteiger partial charge is 0.0736 e. The van der Waals surface area contributed by atoms with E-state index in [2.05, 4.69) is 37.0 Å². The fourth-order valence-corrected chi connectivity index (χ4v) is 2.46. The standard InChI is InChI=1S/C17H17Cl2N/c1-11-4-5-12(2)14(8-11)10-20-13(3)16-9-15(18)6-7-17(16)19/h4-10,13H,1-3H3/b20-10-. The monoisotopic (exact) mass is 305 g/mol. The van der Waals surface area contributed by atoms with Gasteiger partial charge in [0, 0.05) is 16.3 Å². The van der Waals surface area contributed by atoms with Gasteiger partial charge in [-0.1, -0.05) is 47.0 Å². The van der Waals surface area contributed by atoms with E-state index < -0.39 is 0 Å². The number of rotatable bonds is 3. The number of nitrogens with zero attached hydrogens (tertiary/aromatic N) is 1. The lowest BCUT2D eigenvalue weighted by molar-refractivity contribution is 0.825. The van der Waals surface area contributed by atoms with Crippen molar-refractivity contribution < 1.29 is 0 Å². The molecule has 0 bridgehead atoms. The van der Waals surface area contributed by atoms with E-state index in [9.17, 15) is 0 Å². The van der Waals surface area contributed by atoms with Crippen LogP contribution in [0.5, 0.6) is 0 Å². The molecule has 2 aromatic carbocycles. The third-order valence-corrected chi connectivity index (χ3v) is 3.86. The molecule has 0 heterocycles. The lowest BCUT2D eigenvalue weighted by Crippen LogP contribution is -1.94. The van der Waals surface area contributed by atoms with Gasteiger partial charge >= 0.3 is 0 Å². The predicted molar refractivity (Wildman–Crippen MR) is 88.4 cm³/mol. The molecule has 0 amide bonds. The van der Waals surface area contributed by atoms with Crippen LogP contribution in [0, 0.1) is 13.8 Å². The first-order valence-electron chi connectivity index (χ1n) is 6.53. The number of hydrogen-bond acceptors (Lipinski definition) is 1. The zero-order valence-corrected chi connectivity index (χ0v) is 13.3. The van der Waals surface area contributed by atoms with Crippen molar-refractivity contribution in [1.29, 1.82) is 0 Å². The maximum atomic E-state index is 6.20. The summed E-state index contributed by atoms with van der Waals surface area (Å²) in [7, 11) is 0. The Morgan fingerprint density at radius 3 is 2.55 bits per heavy atom. The van der Waals surface area contributed by atoms with E-state index in [1.165, 1.54) is 11.1 Å². The minimum Gasteiger partial charge on any atom is -0.285 e. The van der Waals surface area contributed by atoms with Crippen LogP contribution in [0.15, 0.2) is 41.4 Å². The Morgan fingerprint density at radius 2 is 1.80 bits per heavy atom. The molecule has 2 rings (SSSR count). The Hall–Kier alpha value is -1.31. The summed E-state index contributed by atoms with van der Waals surface area (Å²) in [6.07, 6.45) is 1.91. The van der Waals surface area contributed by atoms with Gasteiger partial charge in [-0.25, -0.2) is 0 Å². The zero-order chi connectivity index (χ0) is 14.7. The van der Waals surface area contributed by atoms with Crippen LogP contribution < -0.4 is 0 Å². The van der Waals surface area contributed by atoms with E-state index in [0.29, 0.717) is 10.0 Å². The summed E-state index contributed by atoms with van der Waals surface area (Å²) in [5.74, 6) is 0. The van der Waals surface area contributed by atoms with E-state index >= 15 is 0 Å². The Morgan fingerprint density at radius 1 is 1.05 bits per heavy atom. The van der Waals surface area contributed by atoms with Gasteiger partial charge in [-0.2, -0.15) is 0 Å². The highest BCUT2D eigenvalue weighted by molar-refractivity contribution is 6.33. The molecule has 2 aromatic rings. The summed E-state index contributed by atoms with van der Waals surface area (Å²) in [5, 5.41) is 1.37. The molecule has 104 valence electrons. The van der Waals surface area contributed by atoms with E-state index in [-0.39, 0.29) is 6.04 Å². The number of benzene rings is 2. The normalized spacial score (nSPS) is 12.8. The average molecular weight is 306 g/mol. The zero-order valence-electron chi connectivity index (χ0n) is 11.8. The van der Waals surface area contributed by atoms with Crippen LogP contribution >= 0.6 is 23.2 Å². The molecule has 0 aromatic heterocycles. The van der Waals surface area contributed by atoms with Gasteiger partial charge in [-0.05, 0) is 55.7 Å². The van der Waals surface area contributed by atoms with Gasteiger partial charge in [0.1, 0.15) is 0 Å². The highest BCUT2D eigenvalue weighted by Gasteiger charge is 2.08. The maximum absolute atomic E-state index is 6.20. The van der Waals surface area contributed by atoms with E-state index in [4.69, 9.17) is 23.2 Å². The average Bonchev–Trinajstić information content (AvgIpc) is 2.42. The minimum atomic E-state index is -0.0267. The molecule has 0 aliphatic rings. The number of aryl methyl sites for hydroxylation is 2. The fourth-order valence-electron chi connectivity index (χ4n) is 2.01. The molecule has 0 spiro atoms. The molecule has 1 unspecified atom stereocenters. The van der Waals surface area contributed by atoms with Crippen molar-refractivity contribution in [3.05, 3.63) is 68.7 Å². The van der Waals surface area contributed by atoms with Gasteiger partial charge < -0.3 is 0 Å². The van der Waals surface area contributed by atoms with E-state index in [1.54, 1.807) is 6.07 Å². The van der Waals surface area contributed by atoms with Gasteiger partial charge in [0.15, 0.2) is 0 Å². The van der Waals surface area contributed by atoms with Crippen molar-refractivity contribution in [1.82, 2.24) is 0 Å². The summed E-state index contributed by atoms with van der Waals surface area (Å²) >= 11 is 12.2. The second kappa shape index (κ2) is 6.43. The summed E-state index contributed by atoms with van der Waals surface area (Å²) in [6, 6.07) is 11.8. The summed E-state index contributed by atoms with van der Waals surface area (Å²) in [4.78, 5) is 4.60. The number of hydrogen-bond donors (Lipinski definition) is 0. The third-order valence-electron chi connectivity index (χ3n) is 3.28. The molecule has 0 N–H and O–H groups in total. The lowest BCUT2D eigenvalue weighted by atomic mass is 10.1. The molecular formula is C17H17Cl2N. The first-order chi connectivity index (χ1) is 9.47. The maximum Gasteiger partial charge on any atom is 0.0736 e. The van der Waals surface area contributed by atoms with Crippen molar-refractivity contribution in [2.24, 2.45) is 4.99 Å². The molecular weight excluding hydrogens is 289 g/mol. The largest absolute Gasteiger partial charge is 0.285 e. The van der Waals surface area contributed by atoms with Crippen LogP contribution in [0.25, 0.3) is 0 Å². The second-order valence-corrected chi connectivity index (χ2v) is 5.82. The molecule has 0 saturated heterocycles. The SMILES string of the molecule is Cc1ccc(C)c(/C=N\C(C)c2cc(Cl)ccc2Cl)c1. The van der Waals surface area contributed by atoms with Gasteiger partial charge in [0.25, 0.3) is 0 Å². The molecule has 1 atom stereocenters. The molecule has 0 fully saturated rings. The highest BCUT2D eigenvalue weighted by Crippen LogP contribution is 2.28. The first-order valence-corrected chi connectivity index (χ1v) is 7.28. The van der Waals surface area contributed by atoms with E-state index in [0.717, 1.165) is 11.1 Å². The minimum absolute atomic E-state index is 0.0267. The summed E-state index contributed by atoms with van der Waals surface area (Å²) in [5.41, 5.74) is 4.52. The van der Waals surface area contributed by atoms with Crippen molar-refractivity contribution in [2.75, 3.05) is 0 Å². The molecule has 0 aliphatic heterocycles. The van der Waals surface area contributed by atoms with Crippen LogP contribution in [0.4, 0.5) is 0 Å². The Kier molecular flexibility index (Phi) is 4.85. The first kappa shape index (κ1) is 15.1. The molecule has 0 radical (unpaired) electrons. The van der Waals surface area contributed by atoms with Crippen LogP contribution in [-0.4, -0.2) is 6.21 Å². The molecule has 0 saturated carbocycles. The molecule has 1 nitrogen and oxygen atoms in total. The van der Waals surface area contributed by atoms with Crippen LogP contribution in [0.2, 0.25) is 10.0 Å². The van der Waals surface area contributed by atoms with Gasteiger partial charge in [-0.3, -0.25) is 4.99 Å². The lowest BCUT2D eigenvalue weighted by Gasteiger charge is -2.10. The molecule has 0 aliphatic carbocycles. The molecule has 20 heavy (non-hydrogen) atoms. The quantitative estimate of drug-likeness (QED) is 0.636. The molecule has 3 heteroatoms. The predicted octanol–water partition coefficient (Wildman–Crippen LogP) is 5.79. The highest BCUT2D eigenvalue weighted by atomic mass is 35.5. The van der Waals surface area contributed by atoms with Crippen LogP contribution in [0.3, 0.4) is 0 Å². The number of halogens is 2. The van der Waals surface area contributed by atoms with Crippen molar-refractivity contribution in [3.63, 3.8) is 0 Å². The van der Waals surface area contributed by atoms with Crippen molar-refractivity contribution >= 4 is 29.4 Å². The summed E-state index contributed by atoms with van der Waals surface area (Å²) in [6.45, 7) is 6.17. The Balaban J connectivity index is 2.26. The fraction of sp³-hybridized carbons (Fsp3) is 0.235. The Labute approximate surface area is 130 Å². The third kappa shape index (κ3) is 3.62. The van der Waals surface area contributed by atoms with Gasteiger partial charge in [0.2, 0.25) is 0 Å². The van der Waals surface area contributed by atoms with Crippen molar-refractivity contribution in [3.8, 4) is 0 Å². The van der Waals surface area contributed by atoms with Crippen molar-refractivity contribution in [2.45, 2.75) is 26.8 Å².